The smallest absolute Gasteiger partial charge is 0.255 e. The van der Waals surface area contributed by atoms with Gasteiger partial charge in [0.2, 0.25) is 0 Å². The van der Waals surface area contributed by atoms with Crippen molar-refractivity contribution in [2.45, 2.75) is 20.1 Å². The number of rotatable bonds is 3. The van der Waals surface area contributed by atoms with Crippen LogP contribution in [0, 0.1) is 13.8 Å². The van der Waals surface area contributed by atoms with Gasteiger partial charge in [0.05, 0.1) is 5.69 Å². The van der Waals surface area contributed by atoms with Crippen molar-refractivity contribution in [3.63, 3.8) is 0 Å². The number of fused-ring (bicyclic) bond motifs is 1. The summed E-state index contributed by atoms with van der Waals surface area (Å²) < 4.78 is 7.00. The van der Waals surface area contributed by atoms with Crippen molar-refractivity contribution in [1.29, 1.82) is 0 Å². The molecule has 0 aliphatic carbocycles. The standard InChI is InChI=1S/C22H19BrN2O2/c1-13-3-9-18(14(2)11-13)21(26)24-17-8-10-20-19(12-17)25-22(27-20)15-4-6-16(23)7-5-15/h3-12,22,25H,1-2H3,(H,24,26). The number of amides is 1. The molecule has 1 heterocycles. The third-order valence-corrected chi connectivity index (χ3v) is 5.10. The summed E-state index contributed by atoms with van der Waals surface area (Å²) in [7, 11) is 0. The Balaban J connectivity index is 1.51. The minimum Gasteiger partial charge on any atom is -0.464 e. The number of carbonyl (C=O) groups is 1. The highest BCUT2D eigenvalue weighted by Crippen LogP contribution is 2.39. The van der Waals surface area contributed by atoms with E-state index in [-0.39, 0.29) is 12.1 Å². The molecule has 1 aliphatic heterocycles. The highest BCUT2D eigenvalue weighted by atomic mass is 79.9. The summed E-state index contributed by atoms with van der Waals surface area (Å²) in [4.78, 5) is 12.6. The lowest BCUT2D eigenvalue weighted by atomic mass is 10.1. The Morgan fingerprint density at radius 1 is 1.04 bits per heavy atom. The molecule has 1 atom stereocenters. The number of aryl methyl sites for hydroxylation is 2. The van der Waals surface area contributed by atoms with Crippen LogP contribution in [0.5, 0.6) is 5.75 Å². The quantitative estimate of drug-likeness (QED) is 0.558. The SMILES string of the molecule is Cc1ccc(C(=O)Nc2ccc3c(c2)NC(c2ccc(Br)cc2)O3)c(C)c1. The molecule has 0 saturated carbocycles. The lowest BCUT2D eigenvalue weighted by Gasteiger charge is -2.11. The molecule has 4 rings (SSSR count). The van der Waals surface area contributed by atoms with Gasteiger partial charge in [-0.05, 0) is 55.8 Å². The van der Waals surface area contributed by atoms with Crippen LogP contribution < -0.4 is 15.4 Å². The molecule has 1 amide bonds. The van der Waals surface area contributed by atoms with E-state index in [0.717, 1.165) is 38.3 Å². The molecule has 3 aromatic rings. The third-order valence-electron chi connectivity index (χ3n) is 4.57. The molecule has 0 saturated heterocycles. The van der Waals surface area contributed by atoms with Crippen molar-refractivity contribution in [2.75, 3.05) is 10.6 Å². The molecule has 1 aliphatic rings. The molecule has 3 aromatic carbocycles. The fourth-order valence-corrected chi connectivity index (χ4v) is 3.44. The van der Waals surface area contributed by atoms with E-state index < -0.39 is 0 Å². The van der Waals surface area contributed by atoms with Gasteiger partial charge in [-0.2, -0.15) is 0 Å². The van der Waals surface area contributed by atoms with Gasteiger partial charge in [0.1, 0.15) is 5.75 Å². The number of anilines is 2. The summed E-state index contributed by atoms with van der Waals surface area (Å²) in [5.41, 5.74) is 5.41. The topological polar surface area (TPSA) is 50.4 Å². The minimum atomic E-state index is -0.238. The Morgan fingerprint density at radius 2 is 1.81 bits per heavy atom. The zero-order chi connectivity index (χ0) is 19.0. The molecule has 0 bridgehead atoms. The predicted molar refractivity (Wildman–Crippen MR) is 111 cm³/mol. The summed E-state index contributed by atoms with van der Waals surface area (Å²) in [6.07, 6.45) is -0.238. The van der Waals surface area contributed by atoms with E-state index in [1.54, 1.807) is 0 Å². The van der Waals surface area contributed by atoms with Gasteiger partial charge in [0.25, 0.3) is 5.91 Å². The van der Waals surface area contributed by atoms with Gasteiger partial charge < -0.3 is 15.4 Å². The largest absolute Gasteiger partial charge is 0.464 e. The maximum atomic E-state index is 12.6. The van der Waals surface area contributed by atoms with E-state index in [0.29, 0.717) is 5.56 Å². The number of halogens is 1. The fourth-order valence-electron chi connectivity index (χ4n) is 3.18. The number of carbonyl (C=O) groups excluding carboxylic acids is 1. The second-order valence-corrected chi connectivity index (χ2v) is 7.59. The average molecular weight is 423 g/mol. The van der Waals surface area contributed by atoms with Crippen molar-refractivity contribution in [2.24, 2.45) is 0 Å². The van der Waals surface area contributed by atoms with Crippen LogP contribution in [0.3, 0.4) is 0 Å². The second-order valence-electron chi connectivity index (χ2n) is 6.68. The first-order chi connectivity index (χ1) is 13.0. The highest BCUT2D eigenvalue weighted by Gasteiger charge is 2.23. The zero-order valence-corrected chi connectivity index (χ0v) is 16.6. The predicted octanol–water partition coefficient (Wildman–Crippen LogP) is 5.82. The van der Waals surface area contributed by atoms with Crippen LogP contribution >= 0.6 is 15.9 Å². The summed E-state index contributed by atoms with van der Waals surface area (Å²) in [5.74, 6) is 0.656. The van der Waals surface area contributed by atoms with E-state index in [4.69, 9.17) is 4.74 Å². The summed E-state index contributed by atoms with van der Waals surface area (Å²) in [6.45, 7) is 3.96. The number of benzene rings is 3. The molecule has 0 fully saturated rings. The van der Waals surface area contributed by atoms with E-state index in [1.807, 2.05) is 74.5 Å². The fraction of sp³-hybridized carbons (Fsp3) is 0.136. The van der Waals surface area contributed by atoms with Crippen LogP contribution in [0.25, 0.3) is 0 Å². The maximum absolute atomic E-state index is 12.6. The van der Waals surface area contributed by atoms with Crippen molar-refractivity contribution >= 4 is 33.2 Å². The second kappa shape index (κ2) is 7.08. The third kappa shape index (κ3) is 3.69. The molecule has 0 aromatic heterocycles. The highest BCUT2D eigenvalue weighted by molar-refractivity contribution is 9.10. The molecule has 1 unspecified atom stereocenters. The van der Waals surface area contributed by atoms with Gasteiger partial charge in [0, 0.05) is 21.3 Å². The van der Waals surface area contributed by atoms with Gasteiger partial charge in [-0.15, -0.1) is 0 Å². The summed E-state index contributed by atoms with van der Waals surface area (Å²) in [6, 6.07) is 19.4. The first-order valence-corrected chi connectivity index (χ1v) is 9.50. The van der Waals surface area contributed by atoms with Gasteiger partial charge in [-0.25, -0.2) is 0 Å². The maximum Gasteiger partial charge on any atom is 0.255 e. The monoisotopic (exact) mass is 422 g/mol. The molecule has 5 heteroatoms. The van der Waals surface area contributed by atoms with Gasteiger partial charge >= 0.3 is 0 Å². The molecule has 27 heavy (non-hydrogen) atoms. The number of ether oxygens (including phenoxy) is 1. The molecule has 4 nitrogen and oxygen atoms in total. The van der Waals surface area contributed by atoms with Crippen LogP contribution in [-0.2, 0) is 0 Å². The molecule has 136 valence electrons. The Morgan fingerprint density at radius 3 is 2.56 bits per heavy atom. The van der Waals surface area contributed by atoms with Crippen molar-refractivity contribution in [1.82, 2.24) is 0 Å². The van der Waals surface area contributed by atoms with E-state index in [2.05, 4.69) is 26.6 Å². The van der Waals surface area contributed by atoms with Crippen molar-refractivity contribution < 1.29 is 9.53 Å². The summed E-state index contributed by atoms with van der Waals surface area (Å²) in [5, 5.41) is 6.32. The average Bonchev–Trinajstić information content (AvgIpc) is 3.05. The zero-order valence-electron chi connectivity index (χ0n) is 15.0. The van der Waals surface area contributed by atoms with Gasteiger partial charge in [0.15, 0.2) is 6.23 Å². The van der Waals surface area contributed by atoms with Crippen LogP contribution in [0.4, 0.5) is 11.4 Å². The summed E-state index contributed by atoms with van der Waals surface area (Å²) >= 11 is 3.44. The van der Waals surface area contributed by atoms with Crippen LogP contribution in [0.15, 0.2) is 65.1 Å². The Labute approximate surface area is 166 Å². The lowest BCUT2D eigenvalue weighted by Crippen LogP contribution is -2.13. The van der Waals surface area contributed by atoms with E-state index in [1.165, 1.54) is 0 Å². The van der Waals surface area contributed by atoms with E-state index >= 15 is 0 Å². The Hall–Kier alpha value is -2.79. The van der Waals surface area contributed by atoms with Crippen LogP contribution in [0.2, 0.25) is 0 Å². The molecule has 0 radical (unpaired) electrons. The van der Waals surface area contributed by atoms with Crippen molar-refractivity contribution in [3.05, 3.63) is 87.4 Å². The molecular formula is C22H19BrN2O2. The van der Waals surface area contributed by atoms with Gasteiger partial charge in [-0.3, -0.25) is 4.79 Å². The number of nitrogens with one attached hydrogen (secondary N) is 2. The Bertz CT molecular complexity index is 1020. The van der Waals surface area contributed by atoms with Gasteiger partial charge in [-0.1, -0.05) is 45.8 Å². The van der Waals surface area contributed by atoms with Crippen molar-refractivity contribution in [3.8, 4) is 5.75 Å². The van der Waals surface area contributed by atoms with Crippen LogP contribution in [0.1, 0.15) is 33.3 Å². The first kappa shape index (κ1) is 17.6. The number of hydrogen-bond donors (Lipinski definition) is 2. The molecular weight excluding hydrogens is 404 g/mol. The lowest BCUT2D eigenvalue weighted by molar-refractivity contribution is 0.102. The van der Waals surface area contributed by atoms with Crippen LogP contribution in [-0.4, -0.2) is 5.91 Å². The Kier molecular flexibility index (Phi) is 4.62. The normalized spacial score (nSPS) is 14.9. The number of hydrogen-bond acceptors (Lipinski definition) is 3. The minimum absolute atomic E-state index is 0.115. The first-order valence-electron chi connectivity index (χ1n) is 8.71. The van der Waals surface area contributed by atoms with E-state index in [9.17, 15) is 4.79 Å². The molecule has 2 N–H and O–H groups in total. The molecule has 0 spiro atoms.